The number of nitrogens with one attached hydrogen (secondary N) is 1. The second-order valence-corrected chi connectivity index (χ2v) is 15.7. The third kappa shape index (κ3) is 8.40. The van der Waals surface area contributed by atoms with Crippen molar-refractivity contribution >= 4 is 25.6 Å². The number of hydrogen-bond acceptors (Lipinski definition) is 6. The molecule has 0 spiro atoms. The van der Waals surface area contributed by atoms with Crippen LogP contribution in [0, 0.1) is 5.92 Å². The van der Waals surface area contributed by atoms with Gasteiger partial charge in [0.05, 0.1) is 13.2 Å². The summed E-state index contributed by atoms with van der Waals surface area (Å²) in [6.07, 6.45) is 5.75. The zero-order valence-corrected chi connectivity index (χ0v) is 22.4. The number of aromatic nitrogens is 1. The highest BCUT2D eigenvalue weighted by atomic mass is 32.1. The molecule has 0 unspecified atom stereocenters. The Balaban J connectivity index is 3.03. The van der Waals surface area contributed by atoms with Crippen LogP contribution in [0.15, 0.2) is 5.38 Å². The van der Waals surface area contributed by atoms with E-state index >= 15 is 0 Å². The van der Waals surface area contributed by atoms with Crippen LogP contribution in [-0.2, 0) is 9.16 Å². The standard InChI is InChI=1S/C23H44N2O3SSi/c1-10-11-12-13-14-24-18(17(2)3)15-20(28-30(8,9)23(4,5)6)21-25-19(16-29-21)22(26)27-7/h16-18,20,24H,10-15H2,1-9H3/t18-,20-/m1/s1. The Kier molecular flexibility index (Phi) is 11.2. The van der Waals surface area contributed by atoms with Crippen LogP contribution in [0.2, 0.25) is 18.1 Å². The minimum atomic E-state index is -2.00. The van der Waals surface area contributed by atoms with Crippen LogP contribution in [0.5, 0.6) is 0 Å². The summed E-state index contributed by atoms with van der Waals surface area (Å²) in [4.78, 5) is 16.5. The van der Waals surface area contributed by atoms with Crippen molar-refractivity contribution < 1.29 is 14.0 Å². The van der Waals surface area contributed by atoms with Crippen LogP contribution in [0.4, 0.5) is 0 Å². The molecule has 7 heteroatoms. The van der Waals surface area contributed by atoms with Crippen molar-refractivity contribution in [2.45, 2.75) is 104 Å². The molecule has 30 heavy (non-hydrogen) atoms. The normalized spacial score (nSPS) is 14.7. The number of hydrogen-bond donors (Lipinski definition) is 1. The van der Waals surface area contributed by atoms with Gasteiger partial charge in [-0.25, -0.2) is 9.78 Å². The molecule has 2 atom stereocenters. The lowest BCUT2D eigenvalue weighted by atomic mass is 9.97. The average Bonchev–Trinajstić information content (AvgIpc) is 3.14. The Hall–Kier alpha value is -0.763. The van der Waals surface area contributed by atoms with Gasteiger partial charge in [0, 0.05) is 11.4 Å². The number of esters is 1. The van der Waals surface area contributed by atoms with E-state index in [1.54, 1.807) is 5.38 Å². The zero-order chi connectivity index (χ0) is 22.9. The van der Waals surface area contributed by atoms with E-state index in [0.717, 1.165) is 18.0 Å². The molecule has 1 N–H and O–H groups in total. The van der Waals surface area contributed by atoms with Crippen LogP contribution >= 0.6 is 11.3 Å². The Morgan fingerprint density at radius 3 is 2.43 bits per heavy atom. The molecule has 5 nitrogen and oxygen atoms in total. The minimum Gasteiger partial charge on any atom is -0.464 e. The molecular formula is C23H44N2O3SSi. The van der Waals surface area contributed by atoms with E-state index in [4.69, 9.17) is 9.16 Å². The summed E-state index contributed by atoms with van der Waals surface area (Å²) in [5.74, 6) is 0.0970. The average molecular weight is 457 g/mol. The first kappa shape index (κ1) is 27.3. The fourth-order valence-electron chi connectivity index (χ4n) is 3.03. The van der Waals surface area contributed by atoms with Gasteiger partial charge in [0.2, 0.25) is 0 Å². The molecule has 0 fully saturated rings. The molecule has 0 bridgehead atoms. The Labute approximate surface area is 189 Å². The fraction of sp³-hybridized carbons (Fsp3) is 0.826. The van der Waals surface area contributed by atoms with Crippen LogP contribution in [0.1, 0.15) is 95.2 Å². The van der Waals surface area contributed by atoms with E-state index < -0.39 is 14.3 Å². The van der Waals surface area contributed by atoms with E-state index in [9.17, 15) is 4.79 Å². The molecule has 0 saturated carbocycles. The summed E-state index contributed by atoms with van der Waals surface area (Å²) in [5.41, 5.74) is 0.370. The number of rotatable bonds is 13. The topological polar surface area (TPSA) is 60.5 Å². The van der Waals surface area contributed by atoms with E-state index in [1.807, 2.05) is 0 Å². The molecule has 0 aromatic carbocycles. The Morgan fingerprint density at radius 2 is 1.90 bits per heavy atom. The Bertz CT molecular complexity index is 641. The number of carbonyl (C=O) groups is 1. The second-order valence-electron chi connectivity index (χ2n) is 10.0. The molecule has 1 rings (SSSR count). The lowest BCUT2D eigenvalue weighted by Crippen LogP contribution is -2.44. The number of nitrogens with zero attached hydrogens (tertiary/aromatic N) is 1. The maximum atomic E-state index is 11.9. The van der Waals surface area contributed by atoms with Gasteiger partial charge in [0.15, 0.2) is 14.0 Å². The first-order valence-corrected chi connectivity index (χ1v) is 15.2. The molecule has 1 aromatic rings. The summed E-state index contributed by atoms with van der Waals surface area (Å²) < 4.78 is 11.7. The van der Waals surface area contributed by atoms with Gasteiger partial charge in [-0.1, -0.05) is 60.8 Å². The van der Waals surface area contributed by atoms with Crippen molar-refractivity contribution in [3.8, 4) is 0 Å². The smallest absolute Gasteiger partial charge is 0.357 e. The van der Waals surface area contributed by atoms with Gasteiger partial charge in [-0.05, 0) is 43.4 Å². The summed E-state index contributed by atoms with van der Waals surface area (Å²) in [6.45, 7) is 19.1. The summed E-state index contributed by atoms with van der Waals surface area (Å²) in [6, 6.07) is 0.340. The maximum absolute atomic E-state index is 11.9. The van der Waals surface area contributed by atoms with E-state index in [0.29, 0.717) is 17.7 Å². The molecule has 1 heterocycles. The van der Waals surface area contributed by atoms with Crippen molar-refractivity contribution in [1.29, 1.82) is 0 Å². The van der Waals surface area contributed by atoms with Gasteiger partial charge in [-0.3, -0.25) is 0 Å². The van der Waals surface area contributed by atoms with Crippen molar-refractivity contribution in [1.82, 2.24) is 10.3 Å². The highest BCUT2D eigenvalue weighted by Crippen LogP contribution is 2.41. The van der Waals surface area contributed by atoms with E-state index in [2.05, 4.69) is 64.9 Å². The van der Waals surface area contributed by atoms with Crippen molar-refractivity contribution in [3.63, 3.8) is 0 Å². The van der Waals surface area contributed by atoms with Gasteiger partial charge < -0.3 is 14.5 Å². The first-order chi connectivity index (χ1) is 13.9. The largest absolute Gasteiger partial charge is 0.464 e. The monoisotopic (exact) mass is 456 g/mol. The number of thiazole rings is 1. The number of methoxy groups -OCH3 is 1. The number of unbranched alkanes of at least 4 members (excludes halogenated alkanes) is 3. The van der Waals surface area contributed by atoms with Crippen LogP contribution < -0.4 is 5.32 Å². The van der Waals surface area contributed by atoms with Crippen LogP contribution in [0.25, 0.3) is 0 Å². The van der Waals surface area contributed by atoms with Gasteiger partial charge in [-0.15, -0.1) is 11.3 Å². The molecule has 0 saturated heterocycles. The molecule has 0 aliphatic carbocycles. The van der Waals surface area contributed by atoms with Crippen molar-refractivity contribution in [2.75, 3.05) is 13.7 Å². The van der Waals surface area contributed by atoms with Gasteiger partial charge in [0.1, 0.15) is 5.01 Å². The minimum absolute atomic E-state index is 0.106. The van der Waals surface area contributed by atoms with Crippen LogP contribution in [0.3, 0.4) is 0 Å². The summed E-state index contributed by atoms with van der Waals surface area (Å²) in [5, 5.41) is 6.53. The molecular weight excluding hydrogens is 412 g/mol. The predicted molar refractivity (Wildman–Crippen MR) is 130 cm³/mol. The quantitative estimate of drug-likeness (QED) is 0.206. The highest BCUT2D eigenvalue weighted by Gasteiger charge is 2.40. The van der Waals surface area contributed by atoms with E-state index in [1.165, 1.54) is 44.1 Å². The van der Waals surface area contributed by atoms with Crippen molar-refractivity contribution in [3.05, 3.63) is 16.1 Å². The molecule has 0 aliphatic heterocycles. The van der Waals surface area contributed by atoms with Crippen molar-refractivity contribution in [2.24, 2.45) is 5.92 Å². The molecule has 174 valence electrons. The Morgan fingerprint density at radius 1 is 1.23 bits per heavy atom. The lowest BCUT2D eigenvalue weighted by molar-refractivity contribution is 0.0594. The second kappa shape index (κ2) is 12.3. The highest BCUT2D eigenvalue weighted by molar-refractivity contribution is 7.09. The zero-order valence-electron chi connectivity index (χ0n) is 20.6. The van der Waals surface area contributed by atoms with Gasteiger partial charge >= 0.3 is 5.97 Å². The molecule has 0 radical (unpaired) electrons. The summed E-state index contributed by atoms with van der Waals surface area (Å²) in [7, 11) is -0.614. The lowest BCUT2D eigenvalue weighted by Gasteiger charge is -2.40. The molecule has 0 amide bonds. The third-order valence-electron chi connectivity index (χ3n) is 6.14. The maximum Gasteiger partial charge on any atom is 0.357 e. The molecule has 0 aliphatic rings. The van der Waals surface area contributed by atoms with Gasteiger partial charge in [-0.2, -0.15) is 0 Å². The van der Waals surface area contributed by atoms with E-state index in [-0.39, 0.29) is 11.1 Å². The SMILES string of the molecule is CCCCCCN[C@H](C[C@@H](O[Si](C)(C)C(C)(C)C)c1nc(C(=O)OC)cs1)C(C)C. The number of ether oxygens (including phenoxy) is 1. The summed E-state index contributed by atoms with van der Waals surface area (Å²) >= 11 is 1.50. The predicted octanol–water partition coefficient (Wildman–Crippen LogP) is 6.58. The third-order valence-corrected chi connectivity index (χ3v) is 11.6. The first-order valence-electron chi connectivity index (χ1n) is 11.4. The molecule has 1 aromatic heterocycles. The van der Waals surface area contributed by atoms with Gasteiger partial charge in [0.25, 0.3) is 0 Å². The number of carbonyl (C=O) groups excluding carboxylic acids is 1. The van der Waals surface area contributed by atoms with Crippen LogP contribution in [-0.4, -0.2) is 39.0 Å². The fourth-order valence-corrected chi connectivity index (χ4v) is 5.21.